The van der Waals surface area contributed by atoms with Gasteiger partial charge in [-0.25, -0.2) is 13.6 Å². The van der Waals surface area contributed by atoms with Crippen molar-refractivity contribution in [1.29, 1.82) is 0 Å². The minimum atomic E-state index is -1.02. The molecule has 1 unspecified atom stereocenters. The summed E-state index contributed by atoms with van der Waals surface area (Å²) in [6, 6.07) is -0.755. The topological polar surface area (TPSA) is 53.0 Å². The Hall–Kier alpha value is -0.950. The maximum Gasteiger partial charge on any atom is 0.407 e. The molecule has 1 atom stereocenters. The van der Waals surface area contributed by atoms with Crippen LogP contribution in [0.3, 0.4) is 0 Å². The van der Waals surface area contributed by atoms with Crippen LogP contribution in [0.1, 0.15) is 20.8 Å². The van der Waals surface area contributed by atoms with Crippen molar-refractivity contribution in [3.63, 3.8) is 0 Å². The van der Waals surface area contributed by atoms with E-state index in [-0.39, 0.29) is 12.6 Å². The van der Waals surface area contributed by atoms with E-state index >= 15 is 0 Å². The average molecular weight is 294 g/mol. The van der Waals surface area contributed by atoms with Gasteiger partial charge in [0.15, 0.2) is 0 Å². The van der Waals surface area contributed by atoms with Gasteiger partial charge in [-0.15, -0.1) is 0 Å². The molecular weight excluding hydrogens is 270 g/mol. The fourth-order valence-electron chi connectivity index (χ4n) is 2.26. The number of hydrogen-bond donors (Lipinski definition) is 1. The summed E-state index contributed by atoms with van der Waals surface area (Å²) in [7, 11) is 0. The lowest BCUT2D eigenvalue weighted by molar-refractivity contribution is -0.0663. The lowest BCUT2D eigenvalue weighted by atomic mass is 10.1. The Labute approximate surface area is 118 Å². The van der Waals surface area contributed by atoms with Gasteiger partial charge in [-0.3, -0.25) is 4.90 Å². The summed E-state index contributed by atoms with van der Waals surface area (Å²) >= 11 is 0. The molecule has 118 valence electrons. The summed E-state index contributed by atoms with van der Waals surface area (Å²) in [5.41, 5.74) is -0.545. The minimum Gasteiger partial charge on any atom is -0.465 e. The Bertz CT molecular complexity index is 319. The van der Waals surface area contributed by atoms with Crippen molar-refractivity contribution in [1.82, 2.24) is 9.80 Å². The lowest BCUT2D eigenvalue weighted by Crippen LogP contribution is -2.55. The molecule has 20 heavy (non-hydrogen) atoms. The van der Waals surface area contributed by atoms with E-state index in [1.807, 2.05) is 0 Å². The van der Waals surface area contributed by atoms with Crippen LogP contribution in [0.15, 0.2) is 0 Å². The summed E-state index contributed by atoms with van der Waals surface area (Å²) in [5.74, 6) is 0. The van der Waals surface area contributed by atoms with Crippen molar-refractivity contribution >= 4 is 6.09 Å². The third-order valence-corrected chi connectivity index (χ3v) is 3.47. The summed E-state index contributed by atoms with van der Waals surface area (Å²) in [6.45, 7) is 5.28. The van der Waals surface area contributed by atoms with Crippen molar-refractivity contribution in [2.24, 2.45) is 0 Å². The van der Waals surface area contributed by atoms with E-state index in [1.54, 1.807) is 25.7 Å². The highest BCUT2D eigenvalue weighted by Crippen LogP contribution is 2.17. The Morgan fingerprint density at radius 1 is 1.45 bits per heavy atom. The van der Waals surface area contributed by atoms with Gasteiger partial charge in [-0.1, -0.05) is 0 Å². The van der Waals surface area contributed by atoms with Gasteiger partial charge in [0, 0.05) is 18.6 Å². The van der Waals surface area contributed by atoms with Gasteiger partial charge in [-0.2, -0.15) is 0 Å². The van der Waals surface area contributed by atoms with Gasteiger partial charge in [0.25, 0.3) is 0 Å². The SMILES string of the molecule is CC(C)(C)N(CC1CN(C(CF)CF)CCO1)C(=O)O. The minimum absolute atomic E-state index is 0.195. The second-order valence-electron chi connectivity index (χ2n) is 6.01. The number of hydrogen-bond acceptors (Lipinski definition) is 3. The largest absolute Gasteiger partial charge is 0.465 e. The van der Waals surface area contributed by atoms with E-state index in [1.165, 1.54) is 4.90 Å². The molecule has 1 fully saturated rings. The van der Waals surface area contributed by atoms with Crippen molar-refractivity contribution in [3.8, 4) is 0 Å². The van der Waals surface area contributed by atoms with Gasteiger partial charge >= 0.3 is 6.09 Å². The zero-order valence-electron chi connectivity index (χ0n) is 12.3. The number of morpholine rings is 1. The van der Waals surface area contributed by atoms with E-state index < -0.39 is 31.0 Å². The molecule has 1 heterocycles. The third-order valence-electron chi connectivity index (χ3n) is 3.47. The molecule has 0 saturated carbocycles. The number of rotatable bonds is 5. The molecule has 1 aliphatic rings. The fraction of sp³-hybridized carbons (Fsp3) is 0.923. The molecule has 0 radical (unpaired) electrons. The van der Waals surface area contributed by atoms with Crippen LogP contribution in [0.25, 0.3) is 0 Å². The molecule has 1 rings (SSSR count). The van der Waals surface area contributed by atoms with E-state index in [9.17, 15) is 18.7 Å². The van der Waals surface area contributed by atoms with Crippen LogP contribution in [0, 0.1) is 0 Å². The first kappa shape index (κ1) is 17.1. The second-order valence-corrected chi connectivity index (χ2v) is 6.01. The van der Waals surface area contributed by atoms with Crippen LogP contribution in [0.5, 0.6) is 0 Å². The highest BCUT2D eigenvalue weighted by Gasteiger charge is 2.33. The average Bonchev–Trinajstić information content (AvgIpc) is 2.36. The summed E-state index contributed by atoms with van der Waals surface area (Å²) in [4.78, 5) is 14.3. The highest BCUT2D eigenvalue weighted by molar-refractivity contribution is 5.66. The first-order chi connectivity index (χ1) is 9.29. The highest BCUT2D eigenvalue weighted by atomic mass is 19.1. The van der Waals surface area contributed by atoms with Crippen LogP contribution in [0.2, 0.25) is 0 Å². The van der Waals surface area contributed by atoms with Crippen molar-refractivity contribution < 1.29 is 23.4 Å². The number of amides is 1. The van der Waals surface area contributed by atoms with Crippen molar-refractivity contribution in [2.45, 2.75) is 38.5 Å². The third kappa shape index (κ3) is 4.56. The standard InChI is InChI=1S/C13H24F2N2O3/c1-13(2,3)17(12(18)19)9-11-8-16(4-5-20-11)10(6-14)7-15/h10-11H,4-9H2,1-3H3,(H,18,19). The van der Waals surface area contributed by atoms with Crippen LogP contribution >= 0.6 is 0 Å². The van der Waals surface area contributed by atoms with Gasteiger partial charge < -0.3 is 14.7 Å². The zero-order chi connectivity index (χ0) is 15.3. The molecule has 0 aromatic heterocycles. The van der Waals surface area contributed by atoms with Gasteiger partial charge in [0.2, 0.25) is 0 Å². The number of carbonyl (C=O) groups is 1. The van der Waals surface area contributed by atoms with Crippen molar-refractivity contribution in [3.05, 3.63) is 0 Å². The molecule has 7 heteroatoms. The number of carboxylic acid groups (broad SMARTS) is 1. The Morgan fingerprint density at radius 2 is 2.05 bits per heavy atom. The maximum absolute atomic E-state index is 12.7. The molecule has 0 aliphatic carbocycles. The molecule has 1 aliphatic heterocycles. The second kappa shape index (κ2) is 7.17. The Morgan fingerprint density at radius 3 is 2.50 bits per heavy atom. The molecule has 0 aromatic carbocycles. The van der Waals surface area contributed by atoms with Gasteiger partial charge in [-0.05, 0) is 20.8 Å². The summed E-state index contributed by atoms with van der Waals surface area (Å²) < 4.78 is 31.0. The molecule has 1 amide bonds. The molecule has 5 nitrogen and oxygen atoms in total. The number of alkyl halides is 2. The van der Waals surface area contributed by atoms with Crippen LogP contribution in [0.4, 0.5) is 13.6 Å². The fourth-order valence-corrected chi connectivity index (χ4v) is 2.26. The van der Waals surface area contributed by atoms with E-state index in [0.717, 1.165) is 0 Å². The van der Waals surface area contributed by atoms with E-state index in [4.69, 9.17) is 4.74 Å². The molecule has 0 spiro atoms. The Kier molecular flexibility index (Phi) is 6.13. The quantitative estimate of drug-likeness (QED) is 0.839. The molecule has 1 saturated heterocycles. The van der Waals surface area contributed by atoms with Gasteiger partial charge in [0.05, 0.1) is 25.3 Å². The van der Waals surface area contributed by atoms with Crippen LogP contribution in [-0.4, -0.2) is 78.3 Å². The molecular formula is C13H24F2N2O3. The number of ether oxygens (including phenoxy) is 1. The normalized spacial score (nSPS) is 21.2. The number of halogens is 2. The first-order valence-electron chi connectivity index (χ1n) is 6.77. The lowest BCUT2D eigenvalue weighted by Gasteiger charge is -2.40. The smallest absolute Gasteiger partial charge is 0.407 e. The van der Waals surface area contributed by atoms with E-state index in [2.05, 4.69) is 0 Å². The van der Waals surface area contributed by atoms with Crippen LogP contribution in [-0.2, 0) is 4.74 Å². The molecule has 1 N–H and O–H groups in total. The summed E-state index contributed by atoms with van der Waals surface area (Å²) in [6.07, 6.45) is -1.38. The maximum atomic E-state index is 12.7. The van der Waals surface area contributed by atoms with Crippen molar-refractivity contribution in [2.75, 3.05) is 39.6 Å². The Balaban J connectivity index is 2.65. The monoisotopic (exact) mass is 294 g/mol. The molecule has 0 aromatic rings. The molecule has 0 bridgehead atoms. The predicted octanol–water partition coefficient (Wildman–Crippen LogP) is 1.77. The first-order valence-corrected chi connectivity index (χ1v) is 6.77. The number of nitrogens with zero attached hydrogens (tertiary/aromatic N) is 2. The van der Waals surface area contributed by atoms with Crippen LogP contribution < -0.4 is 0 Å². The predicted molar refractivity (Wildman–Crippen MR) is 71.5 cm³/mol. The van der Waals surface area contributed by atoms with Gasteiger partial charge in [0.1, 0.15) is 13.3 Å². The zero-order valence-corrected chi connectivity index (χ0v) is 12.3. The van der Waals surface area contributed by atoms with E-state index in [0.29, 0.717) is 19.7 Å². The summed E-state index contributed by atoms with van der Waals surface area (Å²) in [5, 5.41) is 9.24.